The van der Waals surface area contributed by atoms with Gasteiger partial charge in [0.05, 0.1) is 18.9 Å². The number of carboxylic acid groups (broad SMARTS) is 1. The zero-order valence-electron chi connectivity index (χ0n) is 12.5. The predicted octanol–water partition coefficient (Wildman–Crippen LogP) is 2.26. The van der Waals surface area contributed by atoms with Gasteiger partial charge in [-0.05, 0) is 30.5 Å². The first-order valence-corrected chi connectivity index (χ1v) is 8.28. The molecule has 1 aromatic carbocycles. The van der Waals surface area contributed by atoms with Crippen molar-refractivity contribution in [3.05, 3.63) is 34.9 Å². The lowest BCUT2D eigenvalue weighted by molar-refractivity contribution is -0.140. The van der Waals surface area contributed by atoms with Crippen molar-refractivity contribution in [1.29, 1.82) is 0 Å². The molecule has 4 nitrogen and oxygen atoms in total. The molecule has 1 N–H and O–H groups in total. The van der Waals surface area contributed by atoms with Crippen LogP contribution >= 0.6 is 11.8 Å². The Hall–Kier alpha value is -1.49. The van der Waals surface area contributed by atoms with E-state index in [0.29, 0.717) is 18.7 Å². The highest BCUT2D eigenvalue weighted by atomic mass is 32.2. The molecule has 21 heavy (non-hydrogen) atoms. The van der Waals surface area contributed by atoms with Gasteiger partial charge < -0.3 is 10.0 Å². The molecule has 114 valence electrons. The van der Waals surface area contributed by atoms with E-state index in [-0.39, 0.29) is 18.4 Å². The number of carbonyl (C=O) groups excluding carboxylic acids is 1. The smallest absolute Gasteiger partial charge is 0.305 e. The summed E-state index contributed by atoms with van der Waals surface area (Å²) < 4.78 is 0. The average Bonchev–Trinajstić information content (AvgIpc) is 2.43. The van der Waals surface area contributed by atoms with Crippen LogP contribution in [0.1, 0.15) is 23.1 Å². The Bertz CT molecular complexity index is 544. The van der Waals surface area contributed by atoms with E-state index in [0.717, 1.165) is 11.3 Å². The van der Waals surface area contributed by atoms with Crippen molar-refractivity contribution in [2.75, 3.05) is 18.1 Å². The third-order valence-corrected chi connectivity index (χ3v) is 4.98. The van der Waals surface area contributed by atoms with Crippen molar-refractivity contribution < 1.29 is 14.7 Å². The van der Waals surface area contributed by atoms with Crippen LogP contribution < -0.4 is 0 Å². The van der Waals surface area contributed by atoms with Crippen molar-refractivity contribution >= 4 is 23.6 Å². The quantitative estimate of drug-likeness (QED) is 0.927. The topological polar surface area (TPSA) is 57.6 Å². The van der Waals surface area contributed by atoms with Crippen LogP contribution in [0.5, 0.6) is 0 Å². The molecular weight excluding hydrogens is 286 g/mol. The predicted molar refractivity (Wildman–Crippen MR) is 84.7 cm³/mol. The van der Waals surface area contributed by atoms with Gasteiger partial charge in [0.25, 0.3) is 0 Å². The summed E-state index contributed by atoms with van der Waals surface area (Å²) >= 11 is 1.72. The molecule has 1 heterocycles. The Morgan fingerprint density at radius 2 is 2.10 bits per heavy atom. The van der Waals surface area contributed by atoms with Crippen LogP contribution in [0.3, 0.4) is 0 Å². The second-order valence-electron chi connectivity index (χ2n) is 5.51. The van der Waals surface area contributed by atoms with Crippen molar-refractivity contribution in [3.8, 4) is 0 Å². The molecule has 1 amide bonds. The summed E-state index contributed by atoms with van der Waals surface area (Å²) in [7, 11) is 0. The van der Waals surface area contributed by atoms with E-state index in [2.05, 4.69) is 0 Å². The van der Waals surface area contributed by atoms with Gasteiger partial charge in [0.2, 0.25) is 5.91 Å². The first kappa shape index (κ1) is 15.9. The second-order valence-corrected chi connectivity index (χ2v) is 6.66. The molecule has 1 saturated heterocycles. The third-order valence-electron chi connectivity index (χ3n) is 3.88. The molecule has 1 aliphatic rings. The molecule has 1 atom stereocenters. The minimum Gasteiger partial charge on any atom is -0.481 e. The van der Waals surface area contributed by atoms with E-state index in [1.54, 1.807) is 16.7 Å². The summed E-state index contributed by atoms with van der Waals surface area (Å²) in [6, 6.07) is 5.86. The molecule has 0 aliphatic carbocycles. The lowest BCUT2D eigenvalue weighted by Gasteiger charge is -2.34. The maximum absolute atomic E-state index is 12.5. The van der Waals surface area contributed by atoms with Gasteiger partial charge in [-0.15, -0.1) is 0 Å². The SMILES string of the molecule is Cc1ccc(CC(=O)N2CCSCC2CC(=O)O)cc1C. The van der Waals surface area contributed by atoms with Gasteiger partial charge >= 0.3 is 5.97 Å². The van der Waals surface area contributed by atoms with Gasteiger partial charge in [0, 0.05) is 18.1 Å². The molecule has 5 heteroatoms. The molecule has 0 saturated carbocycles. The molecule has 0 radical (unpaired) electrons. The Morgan fingerprint density at radius 1 is 1.33 bits per heavy atom. The number of benzene rings is 1. The number of carboxylic acids is 1. The minimum absolute atomic E-state index is 0.0322. The van der Waals surface area contributed by atoms with Crippen LogP contribution in [0.25, 0.3) is 0 Å². The number of aryl methyl sites for hydroxylation is 2. The van der Waals surface area contributed by atoms with E-state index in [9.17, 15) is 9.59 Å². The fraction of sp³-hybridized carbons (Fsp3) is 0.500. The summed E-state index contributed by atoms with van der Waals surface area (Å²) in [4.78, 5) is 25.2. The molecule has 1 unspecified atom stereocenters. The van der Waals surface area contributed by atoms with Crippen LogP contribution in [0.4, 0.5) is 0 Å². The molecule has 1 fully saturated rings. The Morgan fingerprint density at radius 3 is 2.76 bits per heavy atom. The summed E-state index contributed by atoms with van der Waals surface area (Å²) in [6.07, 6.45) is 0.383. The summed E-state index contributed by atoms with van der Waals surface area (Å²) in [6.45, 7) is 4.73. The number of nitrogens with zero attached hydrogens (tertiary/aromatic N) is 1. The fourth-order valence-corrected chi connectivity index (χ4v) is 3.61. The number of amides is 1. The van der Waals surface area contributed by atoms with E-state index in [4.69, 9.17) is 5.11 Å². The van der Waals surface area contributed by atoms with Crippen LogP contribution in [0, 0.1) is 13.8 Å². The monoisotopic (exact) mass is 307 g/mol. The fourth-order valence-electron chi connectivity index (χ4n) is 2.54. The first-order valence-electron chi connectivity index (χ1n) is 7.12. The third kappa shape index (κ3) is 4.24. The van der Waals surface area contributed by atoms with E-state index in [1.165, 1.54) is 11.1 Å². The second kappa shape index (κ2) is 6.98. The number of rotatable bonds is 4. The van der Waals surface area contributed by atoms with Crippen LogP contribution in [0.15, 0.2) is 18.2 Å². The highest BCUT2D eigenvalue weighted by molar-refractivity contribution is 7.99. The van der Waals surface area contributed by atoms with Crippen LogP contribution in [0.2, 0.25) is 0 Å². The highest BCUT2D eigenvalue weighted by Gasteiger charge is 2.28. The minimum atomic E-state index is -0.841. The van der Waals surface area contributed by atoms with Crippen LogP contribution in [-0.2, 0) is 16.0 Å². The van der Waals surface area contributed by atoms with Gasteiger partial charge in [0.15, 0.2) is 0 Å². The number of aliphatic carboxylic acids is 1. The van der Waals surface area contributed by atoms with Crippen molar-refractivity contribution in [3.63, 3.8) is 0 Å². The van der Waals surface area contributed by atoms with E-state index < -0.39 is 5.97 Å². The Balaban J connectivity index is 2.06. The number of thioether (sulfide) groups is 1. The van der Waals surface area contributed by atoms with Crippen molar-refractivity contribution in [1.82, 2.24) is 4.90 Å². The average molecular weight is 307 g/mol. The number of hydrogen-bond acceptors (Lipinski definition) is 3. The lowest BCUT2D eigenvalue weighted by Crippen LogP contribution is -2.47. The lowest BCUT2D eigenvalue weighted by atomic mass is 10.0. The zero-order chi connectivity index (χ0) is 15.4. The van der Waals surface area contributed by atoms with E-state index in [1.807, 2.05) is 32.0 Å². The van der Waals surface area contributed by atoms with Crippen molar-refractivity contribution in [2.45, 2.75) is 32.7 Å². The number of hydrogen-bond donors (Lipinski definition) is 1. The summed E-state index contributed by atoms with van der Waals surface area (Å²) in [5, 5.41) is 8.97. The van der Waals surface area contributed by atoms with Gasteiger partial charge in [-0.1, -0.05) is 18.2 Å². The van der Waals surface area contributed by atoms with Crippen LogP contribution in [-0.4, -0.2) is 46.0 Å². The molecule has 0 bridgehead atoms. The molecule has 1 aliphatic heterocycles. The molecule has 2 rings (SSSR count). The maximum atomic E-state index is 12.5. The normalized spacial score (nSPS) is 18.6. The van der Waals surface area contributed by atoms with Gasteiger partial charge in [-0.25, -0.2) is 0 Å². The Kier molecular flexibility index (Phi) is 5.28. The number of carbonyl (C=O) groups is 2. The van der Waals surface area contributed by atoms with Gasteiger partial charge in [-0.2, -0.15) is 11.8 Å². The molecule has 0 spiro atoms. The Labute approximate surface area is 129 Å². The maximum Gasteiger partial charge on any atom is 0.305 e. The zero-order valence-corrected chi connectivity index (χ0v) is 13.3. The van der Waals surface area contributed by atoms with Gasteiger partial charge in [-0.3, -0.25) is 9.59 Å². The largest absolute Gasteiger partial charge is 0.481 e. The van der Waals surface area contributed by atoms with Crippen molar-refractivity contribution in [2.24, 2.45) is 0 Å². The van der Waals surface area contributed by atoms with Gasteiger partial charge in [0.1, 0.15) is 0 Å². The molecular formula is C16H21NO3S. The standard InChI is InChI=1S/C16H21NO3S/c1-11-3-4-13(7-12(11)2)8-15(18)17-5-6-21-10-14(17)9-16(19)20/h3-4,7,14H,5-6,8-10H2,1-2H3,(H,19,20). The summed E-state index contributed by atoms with van der Waals surface area (Å²) in [5.41, 5.74) is 3.39. The highest BCUT2D eigenvalue weighted by Crippen LogP contribution is 2.20. The molecule has 1 aromatic rings. The first-order chi connectivity index (χ1) is 9.97. The van der Waals surface area contributed by atoms with E-state index >= 15 is 0 Å². The summed E-state index contributed by atoms with van der Waals surface area (Å²) in [5.74, 6) is 0.788. The molecule has 0 aromatic heterocycles.